The molecule has 0 aliphatic heterocycles. The number of aliphatic hydroxyl groups excluding tert-OH is 2. The van der Waals surface area contributed by atoms with E-state index in [9.17, 15) is 19.8 Å². The lowest BCUT2D eigenvalue weighted by atomic mass is 10.0. The Bertz CT molecular complexity index is 966. The lowest BCUT2D eigenvalue weighted by Gasteiger charge is -2.22. The van der Waals surface area contributed by atoms with Gasteiger partial charge in [-0.05, 0) is 77.0 Å². The molecule has 0 fully saturated rings. The van der Waals surface area contributed by atoms with Crippen molar-refractivity contribution in [3.05, 3.63) is 24.3 Å². The first-order valence-corrected chi connectivity index (χ1v) is 27.6. The van der Waals surface area contributed by atoms with Crippen molar-refractivity contribution in [3.8, 4) is 0 Å². The summed E-state index contributed by atoms with van der Waals surface area (Å²) in [6, 6.07) is -0.550. The summed E-state index contributed by atoms with van der Waals surface area (Å²) in [7, 11) is 0. The average molecular weight is 874 g/mol. The summed E-state index contributed by atoms with van der Waals surface area (Å²) in [6.07, 6.45) is 61.5. The van der Waals surface area contributed by atoms with Crippen LogP contribution in [0, 0.1) is 0 Å². The van der Waals surface area contributed by atoms with Gasteiger partial charge in [0, 0.05) is 12.8 Å². The highest BCUT2D eigenvalue weighted by Crippen LogP contribution is 2.16. The monoisotopic (exact) mass is 874 g/mol. The van der Waals surface area contributed by atoms with E-state index in [0.717, 1.165) is 57.8 Å². The molecule has 3 N–H and O–H groups in total. The van der Waals surface area contributed by atoms with E-state index >= 15 is 0 Å². The van der Waals surface area contributed by atoms with Crippen molar-refractivity contribution in [2.24, 2.45) is 0 Å². The van der Waals surface area contributed by atoms with Gasteiger partial charge >= 0.3 is 5.97 Å². The molecule has 0 aliphatic rings. The number of hydrogen-bond donors (Lipinski definition) is 3. The number of nitrogens with one attached hydrogen (secondary N) is 1. The number of ether oxygens (including phenoxy) is 1. The summed E-state index contributed by atoms with van der Waals surface area (Å²) in [5.41, 5.74) is 0. The van der Waals surface area contributed by atoms with Crippen LogP contribution in [0.1, 0.15) is 296 Å². The van der Waals surface area contributed by atoms with Gasteiger partial charge in [-0.2, -0.15) is 0 Å². The number of carbonyl (C=O) groups excluding carboxylic acids is 2. The summed E-state index contributed by atoms with van der Waals surface area (Å²) >= 11 is 0. The molecular weight excluding hydrogens is 767 g/mol. The van der Waals surface area contributed by atoms with Crippen LogP contribution in [-0.4, -0.2) is 47.4 Å². The maximum absolute atomic E-state index is 12.5. The molecule has 6 nitrogen and oxygen atoms in total. The van der Waals surface area contributed by atoms with E-state index in [-0.39, 0.29) is 18.5 Å². The summed E-state index contributed by atoms with van der Waals surface area (Å²) < 4.78 is 5.46. The van der Waals surface area contributed by atoms with E-state index in [1.165, 1.54) is 205 Å². The lowest BCUT2D eigenvalue weighted by Crippen LogP contribution is -2.45. The third-order valence-corrected chi connectivity index (χ3v) is 12.7. The van der Waals surface area contributed by atoms with Gasteiger partial charge < -0.3 is 20.3 Å². The Kier molecular flexibility index (Phi) is 50.6. The van der Waals surface area contributed by atoms with Gasteiger partial charge in [0.15, 0.2) is 0 Å². The van der Waals surface area contributed by atoms with Crippen LogP contribution >= 0.6 is 0 Å². The summed E-state index contributed by atoms with van der Waals surface area (Å²) in [6.45, 7) is 4.92. The maximum Gasteiger partial charge on any atom is 0.305 e. The molecule has 0 saturated carbocycles. The Morgan fingerprint density at radius 3 is 1.15 bits per heavy atom. The molecule has 366 valence electrons. The molecule has 0 aromatic heterocycles. The Balaban J connectivity index is 3.46. The van der Waals surface area contributed by atoms with Gasteiger partial charge in [-0.25, -0.2) is 0 Å². The van der Waals surface area contributed by atoms with E-state index in [4.69, 9.17) is 4.74 Å². The van der Waals surface area contributed by atoms with Crippen LogP contribution in [0.4, 0.5) is 0 Å². The molecule has 0 heterocycles. The van der Waals surface area contributed by atoms with Gasteiger partial charge in [0.1, 0.15) is 0 Å². The average Bonchev–Trinajstić information content (AvgIpc) is 3.27. The molecule has 0 saturated heterocycles. The molecule has 0 aromatic carbocycles. The second kappa shape index (κ2) is 52.0. The summed E-state index contributed by atoms with van der Waals surface area (Å²) in [5, 5.41) is 23.2. The third kappa shape index (κ3) is 47.8. The van der Waals surface area contributed by atoms with Crippen LogP contribution in [0.3, 0.4) is 0 Å². The molecule has 0 radical (unpaired) electrons. The van der Waals surface area contributed by atoms with Crippen LogP contribution < -0.4 is 5.32 Å². The second-order valence-corrected chi connectivity index (χ2v) is 18.9. The number of amides is 1. The first kappa shape index (κ1) is 60.3. The van der Waals surface area contributed by atoms with Crippen LogP contribution in [0.5, 0.6) is 0 Å². The molecule has 1 amide bonds. The molecule has 0 bridgehead atoms. The maximum atomic E-state index is 12.5. The van der Waals surface area contributed by atoms with Gasteiger partial charge in [-0.3, -0.25) is 9.59 Å². The molecule has 0 spiro atoms. The van der Waals surface area contributed by atoms with Gasteiger partial charge in [-0.1, -0.05) is 231 Å². The van der Waals surface area contributed by atoms with Crippen LogP contribution in [-0.2, 0) is 14.3 Å². The third-order valence-electron chi connectivity index (χ3n) is 12.7. The zero-order valence-corrected chi connectivity index (χ0v) is 41.6. The summed E-state index contributed by atoms with van der Waals surface area (Å²) in [5.74, 6) is -0.0570. The van der Waals surface area contributed by atoms with Gasteiger partial charge in [-0.15, -0.1) is 0 Å². The largest absolute Gasteiger partial charge is 0.466 e. The molecule has 6 heteroatoms. The first-order valence-electron chi connectivity index (χ1n) is 27.6. The zero-order chi connectivity index (χ0) is 45.1. The number of unbranched alkanes of at least 4 members (excludes halogenated alkanes) is 36. The van der Waals surface area contributed by atoms with E-state index < -0.39 is 12.1 Å². The van der Waals surface area contributed by atoms with Crippen molar-refractivity contribution in [1.29, 1.82) is 0 Å². The number of carbonyl (C=O) groups is 2. The highest BCUT2D eigenvalue weighted by Gasteiger charge is 2.20. The molecule has 2 atom stereocenters. The van der Waals surface area contributed by atoms with Crippen molar-refractivity contribution in [1.82, 2.24) is 5.32 Å². The number of hydrogen-bond acceptors (Lipinski definition) is 5. The smallest absolute Gasteiger partial charge is 0.305 e. The van der Waals surface area contributed by atoms with Gasteiger partial charge in [0.25, 0.3) is 0 Å². The van der Waals surface area contributed by atoms with E-state index in [0.29, 0.717) is 25.9 Å². The van der Waals surface area contributed by atoms with Crippen LogP contribution in [0.15, 0.2) is 24.3 Å². The highest BCUT2D eigenvalue weighted by atomic mass is 16.5. The number of aliphatic hydroxyl groups is 2. The number of esters is 1. The lowest BCUT2D eigenvalue weighted by molar-refractivity contribution is -0.143. The zero-order valence-electron chi connectivity index (χ0n) is 41.6. The fourth-order valence-electron chi connectivity index (χ4n) is 8.45. The highest BCUT2D eigenvalue weighted by molar-refractivity contribution is 5.76. The fraction of sp³-hybridized carbons (Fsp3) is 0.893. The number of allylic oxidation sites excluding steroid dienone is 4. The standard InChI is InChI=1S/C56H107NO5/c1-3-5-7-9-11-13-15-17-24-28-32-36-40-44-48-54(59)53(52-58)57-55(60)49-45-41-37-33-29-25-22-20-19-21-23-27-31-35-39-43-47-51-62-56(61)50-46-42-38-34-30-26-18-16-14-12-10-8-6-4-2/h16,18-19,21,53-54,58-59H,3-15,17,20,22-52H2,1-2H3,(H,57,60)/b18-16-,21-19-. The van der Waals surface area contributed by atoms with Crippen molar-refractivity contribution in [2.45, 2.75) is 309 Å². The second-order valence-electron chi connectivity index (χ2n) is 18.9. The van der Waals surface area contributed by atoms with Gasteiger partial charge in [0.05, 0.1) is 25.4 Å². The Hall–Kier alpha value is -1.66. The van der Waals surface area contributed by atoms with Gasteiger partial charge in [0.2, 0.25) is 5.91 Å². The van der Waals surface area contributed by atoms with Crippen molar-refractivity contribution < 1.29 is 24.5 Å². The van der Waals surface area contributed by atoms with Crippen molar-refractivity contribution in [2.75, 3.05) is 13.2 Å². The normalized spacial score (nSPS) is 12.8. The Morgan fingerprint density at radius 2 is 0.758 bits per heavy atom. The van der Waals surface area contributed by atoms with E-state index in [1.54, 1.807) is 0 Å². The topological polar surface area (TPSA) is 95.9 Å². The van der Waals surface area contributed by atoms with E-state index in [1.807, 2.05) is 0 Å². The van der Waals surface area contributed by atoms with Crippen LogP contribution in [0.2, 0.25) is 0 Å². The molecule has 0 aromatic rings. The quantitative estimate of drug-likeness (QED) is 0.0321. The van der Waals surface area contributed by atoms with Crippen molar-refractivity contribution >= 4 is 11.9 Å². The Morgan fingerprint density at radius 1 is 0.435 bits per heavy atom. The molecular formula is C56H107NO5. The fourth-order valence-corrected chi connectivity index (χ4v) is 8.45. The molecule has 0 rings (SSSR count). The Labute approximate surface area is 386 Å². The van der Waals surface area contributed by atoms with Crippen molar-refractivity contribution in [3.63, 3.8) is 0 Å². The molecule has 0 aliphatic carbocycles. The van der Waals surface area contributed by atoms with E-state index in [2.05, 4.69) is 43.5 Å². The molecule has 62 heavy (non-hydrogen) atoms. The summed E-state index contributed by atoms with van der Waals surface area (Å²) in [4.78, 5) is 24.5. The predicted octanol–water partition coefficient (Wildman–Crippen LogP) is 16.7. The number of rotatable bonds is 51. The SMILES string of the molecule is CCCCCCC/C=C\CCCCCCCC(=O)OCCCCCCCC/C=C\CCCCCCCCCC(=O)NC(CO)C(O)CCCCCCCCCCCCCCCC. The minimum atomic E-state index is -0.671. The minimum Gasteiger partial charge on any atom is -0.466 e. The first-order chi connectivity index (χ1) is 30.5. The minimum absolute atomic E-state index is 0.0103. The predicted molar refractivity (Wildman–Crippen MR) is 269 cm³/mol. The molecule has 2 unspecified atom stereocenters. The van der Waals surface area contributed by atoms with Crippen LogP contribution in [0.25, 0.3) is 0 Å².